The van der Waals surface area contributed by atoms with E-state index in [-0.39, 0.29) is 0 Å². The van der Waals surface area contributed by atoms with Crippen LogP contribution in [0.5, 0.6) is 0 Å². The number of hydrogen-bond donors (Lipinski definition) is 0. The van der Waals surface area contributed by atoms with Crippen LogP contribution in [0.3, 0.4) is 0 Å². The Morgan fingerprint density at radius 3 is 2.78 bits per heavy atom. The second-order valence-electron chi connectivity index (χ2n) is 1.79. The highest BCUT2D eigenvalue weighted by Crippen LogP contribution is 2.41. The highest BCUT2D eigenvalue weighted by Gasteiger charge is 2.22. The topological polar surface area (TPSA) is 0 Å². The van der Waals surface area contributed by atoms with Gasteiger partial charge in [0.15, 0.2) is 0 Å². The van der Waals surface area contributed by atoms with E-state index in [4.69, 9.17) is 23.2 Å². The number of hydrogen-bond acceptors (Lipinski definition) is 2. The SMILES string of the molecule is ClCCC1SCC(Cl)S1. The number of thioether (sulfide) groups is 2. The van der Waals surface area contributed by atoms with Crippen LogP contribution in [0.15, 0.2) is 0 Å². The van der Waals surface area contributed by atoms with Crippen LogP contribution in [0.4, 0.5) is 0 Å². The van der Waals surface area contributed by atoms with E-state index in [1.807, 2.05) is 23.5 Å². The molecule has 0 bridgehead atoms. The van der Waals surface area contributed by atoms with E-state index in [2.05, 4.69) is 0 Å². The van der Waals surface area contributed by atoms with Crippen molar-refractivity contribution in [2.45, 2.75) is 15.7 Å². The molecular weight excluding hydrogens is 195 g/mol. The summed E-state index contributed by atoms with van der Waals surface area (Å²) in [5.41, 5.74) is 0. The van der Waals surface area contributed by atoms with Crippen molar-refractivity contribution in [2.24, 2.45) is 0 Å². The molecule has 1 rings (SSSR count). The molecule has 1 heterocycles. The number of alkyl halides is 2. The van der Waals surface area contributed by atoms with Crippen LogP contribution >= 0.6 is 46.7 Å². The Hall–Kier alpha value is 1.28. The fraction of sp³-hybridized carbons (Fsp3) is 1.00. The number of halogens is 2. The van der Waals surface area contributed by atoms with Gasteiger partial charge in [0.1, 0.15) is 0 Å². The second kappa shape index (κ2) is 4.22. The van der Waals surface area contributed by atoms with Gasteiger partial charge in [-0.2, -0.15) is 0 Å². The third-order valence-corrected chi connectivity index (χ3v) is 5.01. The summed E-state index contributed by atoms with van der Waals surface area (Å²) < 4.78 is 0.980. The van der Waals surface area contributed by atoms with E-state index in [9.17, 15) is 0 Å². The third-order valence-electron chi connectivity index (χ3n) is 1.06. The van der Waals surface area contributed by atoms with Gasteiger partial charge in [0.25, 0.3) is 0 Å². The summed E-state index contributed by atoms with van der Waals surface area (Å²) in [5, 5.41) is 0. The predicted octanol–water partition coefficient (Wildman–Crippen LogP) is 2.99. The highest BCUT2D eigenvalue weighted by atomic mass is 35.5. The molecule has 0 N–H and O–H groups in total. The average molecular weight is 203 g/mol. The van der Waals surface area contributed by atoms with Gasteiger partial charge in [0.05, 0.1) is 9.29 Å². The van der Waals surface area contributed by atoms with Crippen molar-refractivity contribution < 1.29 is 0 Å². The molecule has 1 aliphatic rings. The molecule has 0 amide bonds. The molecule has 2 unspecified atom stereocenters. The van der Waals surface area contributed by atoms with E-state index in [0.717, 1.165) is 18.1 Å². The van der Waals surface area contributed by atoms with Crippen molar-refractivity contribution in [1.29, 1.82) is 0 Å². The summed E-state index contributed by atoms with van der Waals surface area (Å²) in [6, 6.07) is 0. The van der Waals surface area contributed by atoms with Crippen LogP contribution in [0, 0.1) is 0 Å². The minimum atomic E-state index is 0.322. The van der Waals surface area contributed by atoms with Gasteiger partial charge in [-0.3, -0.25) is 0 Å². The summed E-state index contributed by atoms with van der Waals surface area (Å²) >= 11 is 15.2. The zero-order chi connectivity index (χ0) is 6.69. The molecule has 0 aromatic rings. The Labute approximate surface area is 74.0 Å². The predicted molar refractivity (Wildman–Crippen MR) is 48.8 cm³/mol. The normalized spacial score (nSPS) is 35.3. The van der Waals surface area contributed by atoms with Crippen molar-refractivity contribution in [2.75, 3.05) is 11.6 Å². The third kappa shape index (κ3) is 2.79. The Morgan fingerprint density at radius 1 is 1.56 bits per heavy atom. The van der Waals surface area contributed by atoms with Gasteiger partial charge in [-0.15, -0.1) is 46.7 Å². The lowest BCUT2D eigenvalue weighted by Gasteiger charge is -2.02. The maximum Gasteiger partial charge on any atom is 0.0890 e. The van der Waals surface area contributed by atoms with Crippen LogP contribution in [0.25, 0.3) is 0 Å². The molecule has 0 aromatic heterocycles. The highest BCUT2D eigenvalue weighted by molar-refractivity contribution is 8.21. The van der Waals surface area contributed by atoms with Gasteiger partial charge in [-0.1, -0.05) is 0 Å². The van der Waals surface area contributed by atoms with Crippen LogP contribution in [0.1, 0.15) is 6.42 Å². The van der Waals surface area contributed by atoms with Crippen molar-refractivity contribution in [3.8, 4) is 0 Å². The van der Waals surface area contributed by atoms with E-state index >= 15 is 0 Å². The molecule has 1 fully saturated rings. The molecule has 1 aliphatic heterocycles. The largest absolute Gasteiger partial charge is 0.145 e. The summed E-state index contributed by atoms with van der Waals surface area (Å²) in [6.07, 6.45) is 1.08. The van der Waals surface area contributed by atoms with Gasteiger partial charge in [0.2, 0.25) is 0 Å². The molecule has 0 aliphatic carbocycles. The average Bonchev–Trinajstić information content (AvgIpc) is 2.17. The second-order valence-corrected chi connectivity index (χ2v) is 5.89. The lowest BCUT2D eigenvalue weighted by molar-refractivity contribution is 1.07. The standard InChI is InChI=1S/C5H8Cl2S2/c6-2-1-5-8-3-4(7)9-5/h4-5H,1-3H2. The van der Waals surface area contributed by atoms with Crippen LogP contribution in [-0.2, 0) is 0 Å². The number of rotatable bonds is 2. The van der Waals surface area contributed by atoms with Gasteiger partial charge in [0, 0.05) is 11.6 Å². The van der Waals surface area contributed by atoms with Crippen molar-refractivity contribution >= 4 is 46.7 Å². The molecule has 0 aromatic carbocycles. The van der Waals surface area contributed by atoms with E-state index < -0.39 is 0 Å². The van der Waals surface area contributed by atoms with Crippen LogP contribution in [0.2, 0.25) is 0 Å². The molecule has 0 spiro atoms. The summed E-state index contributed by atoms with van der Waals surface area (Å²) in [4.78, 5) is 0. The zero-order valence-corrected chi connectivity index (χ0v) is 7.99. The molecule has 1 saturated heterocycles. The molecular formula is C5H8Cl2S2. The molecule has 0 nitrogen and oxygen atoms in total. The van der Waals surface area contributed by atoms with Crippen molar-refractivity contribution in [3.05, 3.63) is 0 Å². The Morgan fingerprint density at radius 2 is 2.33 bits per heavy atom. The molecule has 0 saturated carbocycles. The molecule has 54 valence electrons. The Kier molecular flexibility index (Phi) is 3.93. The first-order chi connectivity index (χ1) is 4.33. The fourth-order valence-corrected chi connectivity index (χ4v) is 4.65. The lowest BCUT2D eigenvalue weighted by atomic mass is 10.6. The smallest absolute Gasteiger partial charge is 0.0890 e. The summed E-state index contributed by atoms with van der Waals surface area (Å²) in [7, 11) is 0. The quantitative estimate of drug-likeness (QED) is 0.633. The minimum absolute atomic E-state index is 0.322. The first kappa shape index (κ1) is 8.38. The first-order valence-electron chi connectivity index (χ1n) is 2.80. The zero-order valence-electron chi connectivity index (χ0n) is 4.85. The molecule has 4 heteroatoms. The van der Waals surface area contributed by atoms with Crippen LogP contribution in [-0.4, -0.2) is 20.9 Å². The van der Waals surface area contributed by atoms with E-state index in [1.54, 1.807) is 0 Å². The molecule has 0 radical (unpaired) electrons. The monoisotopic (exact) mass is 202 g/mol. The summed E-state index contributed by atoms with van der Waals surface area (Å²) in [5.74, 6) is 1.84. The van der Waals surface area contributed by atoms with Gasteiger partial charge in [-0.25, -0.2) is 0 Å². The van der Waals surface area contributed by atoms with Crippen molar-refractivity contribution in [1.82, 2.24) is 0 Å². The molecule has 9 heavy (non-hydrogen) atoms. The Balaban J connectivity index is 2.14. The van der Waals surface area contributed by atoms with E-state index in [1.165, 1.54) is 0 Å². The maximum absolute atomic E-state index is 5.84. The Bertz CT molecular complexity index is 87.0. The maximum atomic E-state index is 5.84. The van der Waals surface area contributed by atoms with Gasteiger partial charge in [-0.05, 0) is 6.42 Å². The van der Waals surface area contributed by atoms with E-state index in [0.29, 0.717) is 9.29 Å². The van der Waals surface area contributed by atoms with Crippen LogP contribution < -0.4 is 0 Å². The summed E-state index contributed by atoms with van der Waals surface area (Å²) in [6.45, 7) is 0. The first-order valence-corrected chi connectivity index (χ1v) is 5.76. The molecule has 2 atom stereocenters. The van der Waals surface area contributed by atoms with Crippen molar-refractivity contribution in [3.63, 3.8) is 0 Å². The minimum Gasteiger partial charge on any atom is -0.145 e. The fourth-order valence-electron chi connectivity index (χ4n) is 0.667. The van der Waals surface area contributed by atoms with Gasteiger partial charge >= 0.3 is 0 Å². The lowest BCUT2D eigenvalue weighted by Crippen LogP contribution is -1.91. The van der Waals surface area contributed by atoms with Gasteiger partial charge < -0.3 is 0 Å².